The van der Waals surface area contributed by atoms with Crippen molar-refractivity contribution in [3.63, 3.8) is 0 Å². The van der Waals surface area contributed by atoms with Gasteiger partial charge in [-0.05, 0) is 37.3 Å². The number of aliphatic carboxylic acids is 1. The van der Waals surface area contributed by atoms with Crippen LogP contribution in [0.4, 0.5) is 0 Å². The van der Waals surface area contributed by atoms with E-state index in [1.54, 1.807) is 49.6 Å². The molecule has 2 aromatic carbocycles. The summed E-state index contributed by atoms with van der Waals surface area (Å²) >= 11 is 0. The Hall–Kier alpha value is -3.39. The van der Waals surface area contributed by atoms with Crippen LogP contribution in [0.25, 0.3) is 10.9 Å². The van der Waals surface area contributed by atoms with Crippen LogP contribution in [-0.2, 0) is 11.3 Å². The maximum Gasteiger partial charge on any atom is 0.252 e. The Morgan fingerprint density at radius 1 is 1.14 bits per heavy atom. The SMILES string of the molecule is CC(=O)[O-].COc1ccc(C(=O)c2c3ccccc3[n+]([O-])n2CCC[NH3+])cc1. The minimum Gasteiger partial charge on any atom is -0.595 e. The molecule has 8 nitrogen and oxygen atoms in total. The van der Waals surface area contributed by atoms with Crippen molar-refractivity contribution in [1.29, 1.82) is 0 Å². The minimum absolute atomic E-state index is 0.174. The molecule has 0 bridgehead atoms. The van der Waals surface area contributed by atoms with E-state index in [-0.39, 0.29) is 5.78 Å². The topological polar surface area (TPSA) is 126 Å². The second-order valence-electron chi connectivity index (χ2n) is 6.02. The molecule has 1 aromatic heterocycles. The zero-order valence-corrected chi connectivity index (χ0v) is 15.9. The summed E-state index contributed by atoms with van der Waals surface area (Å²) in [6.07, 6.45) is 0.728. The number of carboxylic acids is 1. The van der Waals surface area contributed by atoms with Gasteiger partial charge in [-0.25, -0.2) is 0 Å². The number of methoxy groups -OCH3 is 1. The fraction of sp³-hybridized carbons (Fsp3) is 0.250. The third-order valence-corrected chi connectivity index (χ3v) is 4.03. The van der Waals surface area contributed by atoms with Gasteiger partial charge in [-0.2, -0.15) is 0 Å². The Kier molecular flexibility index (Phi) is 7.11. The summed E-state index contributed by atoms with van der Waals surface area (Å²) in [6, 6.07) is 14.1. The van der Waals surface area contributed by atoms with Crippen LogP contribution in [0, 0.1) is 5.21 Å². The van der Waals surface area contributed by atoms with E-state index in [1.807, 2.05) is 6.07 Å². The van der Waals surface area contributed by atoms with Crippen LogP contribution >= 0.6 is 0 Å². The summed E-state index contributed by atoms with van der Waals surface area (Å²) in [6.45, 7) is 2.13. The highest BCUT2D eigenvalue weighted by Gasteiger charge is 2.26. The standard InChI is InChI=1S/C18H19N3O3.C2H4O2/c1-24-14-9-7-13(8-10-14)18(22)17-15-5-2-3-6-16(15)21(23)20(17)12-4-11-19;1-2(3)4/h2-3,5-10H,4,11-12,19H2,1H3;1H3,(H,3,4). The molecule has 0 aliphatic heterocycles. The molecule has 0 atom stereocenters. The van der Waals surface area contributed by atoms with Gasteiger partial charge in [0.05, 0.1) is 25.6 Å². The molecule has 0 unspecified atom stereocenters. The highest BCUT2D eigenvalue weighted by Crippen LogP contribution is 2.22. The van der Waals surface area contributed by atoms with Crippen molar-refractivity contribution in [1.82, 2.24) is 4.68 Å². The number of carboxylic acid groups (broad SMARTS) is 1. The quantitative estimate of drug-likeness (QED) is 0.360. The fourth-order valence-electron chi connectivity index (χ4n) is 2.78. The molecule has 0 saturated heterocycles. The van der Waals surface area contributed by atoms with E-state index in [2.05, 4.69) is 5.73 Å². The van der Waals surface area contributed by atoms with Gasteiger partial charge in [-0.3, -0.25) is 4.79 Å². The lowest BCUT2D eigenvalue weighted by molar-refractivity contribution is -0.670. The number of carbonyl (C=O) groups excluding carboxylic acids is 2. The normalized spacial score (nSPS) is 10.2. The molecule has 0 spiro atoms. The molecule has 3 rings (SSSR count). The smallest absolute Gasteiger partial charge is 0.252 e. The number of hydrogen-bond donors (Lipinski definition) is 1. The Morgan fingerprint density at radius 3 is 2.32 bits per heavy atom. The van der Waals surface area contributed by atoms with Crippen LogP contribution in [-0.4, -0.2) is 30.1 Å². The number of ketones is 1. The first-order chi connectivity index (χ1) is 13.4. The van der Waals surface area contributed by atoms with E-state index in [0.29, 0.717) is 41.0 Å². The van der Waals surface area contributed by atoms with Crippen molar-refractivity contribution in [2.24, 2.45) is 0 Å². The molecule has 0 aliphatic carbocycles. The highest BCUT2D eigenvalue weighted by molar-refractivity contribution is 6.14. The van der Waals surface area contributed by atoms with E-state index in [4.69, 9.17) is 14.6 Å². The van der Waals surface area contributed by atoms with Crippen LogP contribution in [0.3, 0.4) is 0 Å². The number of fused-ring (bicyclic) bond motifs is 1. The third kappa shape index (κ3) is 4.66. The predicted molar refractivity (Wildman–Crippen MR) is 100 cm³/mol. The lowest BCUT2D eigenvalue weighted by Crippen LogP contribution is -2.51. The number of ether oxygens (including phenoxy) is 1. The highest BCUT2D eigenvalue weighted by atomic mass is 16.5. The van der Waals surface area contributed by atoms with Crippen LogP contribution in [0.15, 0.2) is 48.5 Å². The summed E-state index contributed by atoms with van der Waals surface area (Å²) in [4.78, 5) is 22.7. The van der Waals surface area contributed by atoms with Crippen LogP contribution in [0.2, 0.25) is 0 Å². The van der Waals surface area contributed by atoms with Gasteiger partial charge >= 0.3 is 0 Å². The molecule has 28 heavy (non-hydrogen) atoms. The minimum atomic E-state index is -1.08. The molecule has 0 fully saturated rings. The number of rotatable bonds is 6. The molecule has 0 saturated carbocycles. The first-order valence-corrected chi connectivity index (χ1v) is 8.77. The van der Waals surface area contributed by atoms with Crippen molar-refractivity contribution < 1.29 is 30.0 Å². The number of quaternary nitrogens is 1. The second kappa shape index (κ2) is 9.52. The van der Waals surface area contributed by atoms with Crippen molar-refractivity contribution in [2.75, 3.05) is 13.7 Å². The monoisotopic (exact) mass is 385 g/mol. The van der Waals surface area contributed by atoms with Crippen molar-refractivity contribution in [3.05, 3.63) is 65.0 Å². The number of carbonyl (C=O) groups is 2. The first-order valence-electron chi connectivity index (χ1n) is 8.77. The van der Waals surface area contributed by atoms with Gasteiger partial charge in [0.15, 0.2) is 5.69 Å². The fourth-order valence-corrected chi connectivity index (χ4v) is 2.78. The molecule has 148 valence electrons. The average molecular weight is 385 g/mol. The Bertz CT molecular complexity index is 960. The van der Waals surface area contributed by atoms with E-state index in [1.165, 1.54) is 4.68 Å². The largest absolute Gasteiger partial charge is 0.595 e. The number of aromatic nitrogens is 2. The van der Waals surface area contributed by atoms with Gasteiger partial charge in [0.25, 0.3) is 5.52 Å². The first kappa shape index (κ1) is 20.9. The molecule has 0 amide bonds. The Labute approximate surface area is 162 Å². The summed E-state index contributed by atoms with van der Waals surface area (Å²) in [7, 11) is 1.58. The molecule has 3 N–H and O–H groups in total. The maximum absolute atomic E-state index is 13.0. The van der Waals surface area contributed by atoms with Gasteiger partial charge in [-0.1, -0.05) is 17.0 Å². The van der Waals surface area contributed by atoms with Crippen molar-refractivity contribution in [2.45, 2.75) is 19.9 Å². The zero-order valence-electron chi connectivity index (χ0n) is 15.9. The van der Waals surface area contributed by atoms with Gasteiger partial charge in [0.1, 0.15) is 5.75 Å². The maximum atomic E-state index is 13.0. The molecular weight excluding hydrogens is 362 g/mol. The van der Waals surface area contributed by atoms with Crippen LogP contribution in [0.1, 0.15) is 29.4 Å². The number of benzene rings is 2. The van der Waals surface area contributed by atoms with Gasteiger partial charge in [0, 0.05) is 24.0 Å². The summed E-state index contributed by atoms with van der Waals surface area (Å²) < 4.78 is 6.63. The van der Waals surface area contributed by atoms with Gasteiger partial charge in [0.2, 0.25) is 5.78 Å². The van der Waals surface area contributed by atoms with Crippen LogP contribution in [0.5, 0.6) is 5.75 Å². The summed E-state index contributed by atoms with van der Waals surface area (Å²) in [5, 5.41) is 22.1. The number of hydrogen-bond acceptors (Lipinski definition) is 5. The Morgan fingerprint density at radius 2 is 1.75 bits per heavy atom. The van der Waals surface area contributed by atoms with Crippen molar-refractivity contribution >= 4 is 22.7 Å². The molecule has 0 aliphatic rings. The molecule has 3 aromatic rings. The summed E-state index contributed by atoms with van der Waals surface area (Å²) in [5.41, 5.74) is 5.25. The zero-order chi connectivity index (χ0) is 20.7. The number of para-hydroxylation sites is 1. The molecule has 8 heteroatoms. The lowest BCUT2D eigenvalue weighted by atomic mass is 10.0. The van der Waals surface area contributed by atoms with E-state index >= 15 is 0 Å². The molecular formula is C20H23N3O5. The van der Waals surface area contributed by atoms with Crippen LogP contribution < -0.4 is 20.4 Å². The third-order valence-electron chi connectivity index (χ3n) is 4.03. The number of nitrogens with zero attached hydrogens (tertiary/aromatic N) is 2. The lowest BCUT2D eigenvalue weighted by Gasteiger charge is -2.07. The average Bonchev–Trinajstić information content (AvgIpc) is 2.97. The molecule has 0 radical (unpaired) electrons. The van der Waals surface area contributed by atoms with Crippen molar-refractivity contribution in [3.8, 4) is 5.75 Å². The van der Waals surface area contributed by atoms with Gasteiger partial charge < -0.3 is 25.6 Å². The Balaban J connectivity index is 0.000000640. The summed E-state index contributed by atoms with van der Waals surface area (Å²) in [5.74, 6) is -0.574. The predicted octanol–water partition coefficient (Wildman–Crippen LogP) is -0.0975. The van der Waals surface area contributed by atoms with Gasteiger partial charge in [-0.15, -0.1) is 4.68 Å². The van der Waals surface area contributed by atoms with E-state index in [9.17, 15) is 10.0 Å². The van der Waals surface area contributed by atoms with E-state index < -0.39 is 5.97 Å². The second-order valence-corrected chi connectivity index (χ2v) is 6.02. The molecule has 1 heterocycles. The van der Waals surface area contributed by atoms with E-state index in [0.717, 1.165) is 18.2 Å².